The van der Waals surface area contributed by atoms with Gasteiger partial charge in [0.25, 0.3) is 0 Å². The third-order valence-corrected chi connectivity index (χ3v) is 11.5. The Bertz CT molecular complexity index is 1410. The molecule has 4 amide bonds. The van der Waals surface area contributed by atoms with Crippen molar-refractivity contribution in [2.45, 2.75) is 69.5 Å². The topological polar surface area (TPSA) is 79.4 Å². The molecular weight excluding hydrogens is 597 g/mol. The third-order valence-electron chi connectivity index (χ3n) is 10.0. The maximum absolute atomic E-state index is 14.0. The maximum atomic E-state index is 14.0. The van der Waals surface area contributed by atoms with Crippen LogP contribution in [0, 0.1) is 5.41 Å². The van der Waals surface area contributed by atoms with Crippen molar-refractivity contribution in [2.75, 3.05) is 69.6 Å². The largest absolute Gasteiger partial charge is 0.369 e. The van der Waals surface area contributed by atoms with Crippen LogP contribution < -0.4 is 10.2 Å². The first-order valence-corrected chi connectivity index (χ1v) is 17.9. The normalized spacial score (nSPS) is 23.4. The summed E-state index contributed by atoms with van der Waals surface area (Å²) in [5.41, 5.74) is 4.52. The van der Waals surface area contributed by atoms with E-state index < -0.39 is 5.25 Å². The average Bonchev–Trinajstić information content (AvgIpc) is 3.24. The number of rotatable bonds is 7. The molecule has 0 saturated carbocycles. The minimum atomic E-state index is -0.398. The molecule has 2 aromatic carbocycles. The first-order chi connectivity index (χ1) is 22.1. The van der Waals surface area contributed by atoms with Gasteiger partial charge in [0, 0.05) is 81.8 Å². The number of likely N-dealkylation sites (N-methyl/N-ethyl adjacent to an activating group) is 1. The van der Waals surface area contributed by atoms with Gasteiger partial charge in [0.1, 0.15) is 5.37 Å². The van der Waals surface area contributed by atoms with Crippen LogP contribution in [0.25, 0.3) is 0 Å². The number of amides is 4. The number of thioether (sulfide) groups is 1. The summed E-state index contributed by atoms with van der Waals surface area (Å²) < 4.78 is 0. The Balaban J connectivity index is 1.11. The molecule has 1 N–H and O–H groups in total. The zero-order valence-electron chi connectivity index (χ0n) is 27.9. The predicted octanol–water partition coefficient (Wildman–Crippen LogP) is 5.29. The van der Waals surface area contributed by atoms with Crippen molar-refractivity contribution in [1.82, 2.24) is 19.6 Å². The molecular formula is C36H50N6O3S. The van der Waals surface area contributed by atoms with Crippen molar-refractivity contribution in [3.63, 3.8) is 0 Å². The number of urea groups is 1. The number of anilines is 2. The van der Waals surface area contributed by atoms with Crippen molar-refractivity contribution in [2.24, 2.45) is 5.41 Å². The molecule has 9 nitrogen and oxygen atoms in total. The molecule has 0 radical (unpaired) electrons. The van der Waals surface area contributed by atoms with Gasteiger partial charge in [-0.25, -0.2) is 4.79 Å². The van der Waals surface area contributed by atoms with Gasteiger partial charge in [-0.05, 0) is 55.8 Å². The lowest BCUT2D eigenvalue weighted by atomic mass is 9.92. The molecule has 4 heterocycles. The van der Waals surface area contributed by atoms with Gasteiger partial charge in [-0.3, -0.25) is 9.59 Å². The average molecular weight is 647 g/mol. The molecule has 0 aliphatic carbocycles. The fraction of sp³-hybridized carbons (Fsp3) is 0.583. The number of hydrogen-bond acceptors (Lipinski definition) is 6. The summed E-state index contributed by atoms with van der Waals surface area (Å²) in [6.45, 7) is 13.2. The van der Waals surface area contributed by atoms with Gasteiger partial charge >= 0.3 is 6.03 Å². The summed E-state index contributed by atoms with van der Waals surface area (Å²) in [4.78, 5) is 51.5. The molecule has 4 aliphatic rings. The number of nitrogens with one attached hydrogen (secondary N) is 1. The number of hydrogen-bond donors (Lipinski definition) is 1. The summed E-state index contributed by atoms with van der Waals surface area (Å²) >= 11 is 1.65. The fourth-order valence-electron chi connectivity index (χ4n) is 7.13. The zero-order valence-corrected chi connectivity index (χ0v) is 28.7. The van der Waals surface area contributed by atoms with Gasteiger partial charge in [-0.15, -0.1) is 11.8 Å². The predicted molar refractivity (Wildman–Crippen MR) is 186 cm³/mol. The van der Waals surface area contributed by atoms with Crippen molar-refractivity contribution in [3.8, 4) is 0 Å². The number of fused-ring (bicyclic) bond motifs is 1. The first-order valence-electron chi connectivity index (χ1n) is 17.0. The Morgan fingerprint density at radius 3 is 2.35 bits per heavy atom. The molecule has 0 unspecified atom stereocenters. The van der Waals surface area contributed by atoms with Crippen molar-refractivity contribution >= 4 is 41.0 Å². The molecule has 46 heavy (non-hydrogen) atoms. The second-order valence-corrected chi connectivity index (χ2v) is 15.8. The molecule has 4 aliphatic heterocycles. The Morgan fingerprint density at radius 2 is 1.61 bits per heavy atom. The summed E-state index contributed by atoms with van der Waals surface area (Å²) in [6.07, 6.45) is 3.43. The first kappa shape index (κ1) is 32.7. The minimum absolute atomic E-state index is 0.0424. The number of piperidine rings is 1. The lowest BCUT2D eigenvalue weighted by Crippen LogP contribution is -2.50. The highest BCUT2D eigenvalue weighted by molar-refractivity contribution is 8.01. The number of benzene rings is 2. The molecule has 6 rings (SSSR count). The Labute approximate surface area is 278 Å². The van der Waals surface area contributed by atoms with Crippen LogP contribution in [0.15, 0.2) is 48.5 Å². The monoisotopic (exact) mass is 646 g/mol. The van der Waals surface area contributed by atoms with Crippen molar-refractivity contribution in [1.29, 1.82) is 0 Å². The van der Waals surface area contributed by atoms with E-state index in [0.717, 1.165) is 63.1 Å². The number of carbonyl (C=O) groups is 3. The summed E-state index contributed by atoms with van der Waals surface area (Å²) in [7, 11) is 2.16. The van der Waals surface area contributed by atoms with E-state index >= 15 is 0 Å². The van der Waals surface area contributed by atoms with Crippen LogP contribution in [0.1, 0.15) is 63.0 Å². The van der Waals surface area contributed by atoms with Gasteiger partial charge in [0.2, 0.25) is 11.8 Å². The molecule has 2 aromatic rings. The molecule has 10 heteroatoms. The lowest BCUT2D eigenvalue weighted by molar-refractivity contribution is -0.137. The van der Waals surface area contributed by atoms with Crippen molar-refractivity contribution < 1.29 is 14.4 Å². The number of nitrogens with zero attached hydrogens (tertiary/aromatic N) is 5. The number of carbonyl (C=O) groups excluding carboxylic acids is 3. The van der Waals surface area contributed by atoms with E-state index in [2.05, 4.69) is 73.3 Å². The highest BCUT2D eigenvalue weighted by Gasteiger charge is 2.44. The Morgan fingerprint density at radius 1 is 0.913 bits per heavy atom. The molecule has 0 aromatic heterocycles. The van der Waals surface area contributed by atoms with Gasteiger partial charge in [-0.2, -0.15) is 0 Å². The van der Waals surface area contributed by atoms with Gasteiger partial charge in [0.05, 0.1) is 5.25 Å². The molecule has 0 bridgehead atoms. The van der Waals surface area contributed by atoms with E-state index in [-0.39, 0.29) is 41.1 Å². The van der Waals surface area contributed by atoms with Crippen LogP contribution in [-0.4, -0.2) is 108 Å². The quantitative estimate of drug-likeness (QED) is 0.441. The molecule has 248 valence electrons. The van der Waals surface area contributed by atoms with Gasteiger partial charge < -0.3 is 29.8 Å². The maximum Gasteiger partial charge on any atom is 0.322 e. The van der Waals surface area contributed by atoms with E-state index in [4.69, 9.17) is 0 Å². The van der Waals surface area contributed by atoms with Gasteiger partial charge in [0.15, 0.2) is 0 Å². The summed E-state index contributed by atoms with van der Waals surface area (Å²) in [5, 5.41) is 2.57. The second-order valence-electron chi connectivity index (χ2n) is 14.5. The number of para-hydroxylation sites is 2. The van der Waals surface area contributed by atoms with Crippen LogP contribution in [0.4, 0.5) is 16.2 Å². The van der Waals surface area contributed by atoms with Crippen LogP contribution in [-0.2, 0) is 16.0 Å². The molecule has 2 atom stereocenters. The van der Waals surface area contributed by atoms with E-state index in [1.807, 2.05) is 32.9 Å². The van der Waals surface area contributed by atoms with Crippen LogP contribution in [0.5, 0.6) is 0 Å². The van der Waals surface area contributed by atoms with E-state index in [1.165, 1.54) is 11.3 Å². The highest BCUT2D eigenvalue weighted by atomic mass is 32.2. The van der Waals surface area contributed by atoms with Crippen LogP contribution in [0.2, 0.25) is 0 Å². The fourth-order valence-corrected chi connectivity index (χ4v) is 8.64. The number of likely N-dealkylation sites (tertiary alicyclic amines) is 1. The van der Waals surface area contributed by atoms with E-state index in [0.29, 0.717) is 26.2 Å². The Kier molecular flexibility index (Phi) is 9.85. The third kappa shape index (κ3) is 7.33. The van der Waals surface area contributed by atoms with E-state index in [1.54, 1.807) is 11.8 Å². The van der Waals surface area contributed by atoms with Gasteiger partial charge in [-0.1, -0.05) is 57.2 Å². The molecule has 3 fully saturated rings. The summed E-state index contributed by atoms with van der Waals surface area (Å²) in [5.74, 6) is 0.122. The van der Waals surface area contributed by atoms with Crippen LogP contribution >= 0.6 is 11.8 Å². The van der Waals surface area contributed by atoms with E-state index in [9.17, 15) is 14.4 Å². The number of piperazine rings is 1. The summed E-state index contributed by atoms with van der Waals surface area (Å²) in [6, 6.07) is 16.6. The molecule has 0 spiro atoms. The second kappa shape index (κ2) is 13.9. The zero-order chi connectivity index (χ0) is 32.4. The lowest BCUT2D eigenvalue weighted by Gasteiger charge is -2.38. The smallest absolute Gasteiger partial charge is 0.322 e. The SMILES string of the molecule is CN1CCN(c2ccccc2[C@@H]2S[C@H](CC(=O)N3CCC(N4CCc5ccccc5NC4=O)CC3)C(=O)N2CCC(C)(C)C)CC1. The standard InChI is InChI=1S/C36H50N6O3S/c1-36(2,3)16-20-42-33(44)31(46-34(42)28-10-6-8-12-30(28)39-23-21-38(4)22-24-39)25-32(43)40-17-14-27(15-18-40)41-19-13-26-9-5-7-11-29(26)37-35(41)45/h5-12,27,31,34H,13-25H2,1-4H3,(H,37,45)/t31-,34+/m1/s1. The van der Waals surface area contributed by atoms with Crippen LogP contribution in [0.3, 0.4) is 0 Å². The highest BCUT2D eigenvalue weighted by Crippen LogP contribution is 2.48. The Hall–Kier alpha value is -3.24. The molecule has 3 saturated heterocycles. The van der Waals surface area contributed by atoms with Crippen molar-refractivity contribution in [3.05, 3.63) is 59.7 Å². The minimum Gasteiger partial charge on any atom is -0.369 e.